The lowest BCUT2D eigenvalue weighted by Crippen LogP contribution is -2.07. The summed E-state index contributed by atoms with van der Waals surface area (Å²) in [5.41, 5.74) is 5.00. The average Bonchev–Trinajstić information content (AvgIpc) is 1.94. The Hall–Kier alpha value is -1.25. The van der Waals surface area contributed by atoms with E-state index in [1.807, 2.05) is 13.8 Å². The van der Waals surface area contributed by atoms with Crippen LogP contribution < -0.4 is 11.4 Å². The molecule has 0 bridgehead atoms. The molecule has 0 spiro atoms. The molecule has 0 saturated heterocycles. The molecule has 1 aromatic rings. The van der Waals surface area contributed by atoms with E-state index >= 15 is 0 Å². The zero-order valence-corrected chi connectivity index (χ0v) is 6.63. The van der Waals surface area contributed by atoms with E-state index in [0.717, 1.165) is 0 Å². The predicted molar refractivity (Wildman–Crippen MR) is 43.5 cm³/mol. The lowest BCUT2D eigenvalue weighted by molar-refractivity contribution is 0.443. The summed E-state index contributed by atoms with van der Waals surface area (Å²) in [5, 5.41) is 0. The highest BCUT2D eigenvalue weighted by Crippen LogP contribution is 2.11. The summed E-state index contributed by atoms with van der Waals surface area (Å²) >= 11 is 0. The topological polar surface area (TPSA) is 56.2 Å². The number of hydrogen-bond donors (Lipinski definition) is 1. The van der Waals surface area contributed by atoms with Crippen LogP contribution >= 0.6 is 0 Å². The summed E-state index contributed by atoms with van der Waals surface area (Å²) in [6, 6.07) is 3.29. The standard InChI is InChI=1S/C8H11NO2/c1-5(2)7-4-3-6(9)8(10)11-7/h3-5H,9H2,1-2H3. The minimum Gasteiger partial charge on any atom is -0.426 e. The van der Waals surface area contributed by atoms with Crippen molar-refractivity contribution in [1.82, 2.24) is 0 Å². The molecule has 0 fully saturated rings. The van der Waals surface area contributed by atoms with E-state index in [1.165, 1.54) is 0 Å². The molecule has 0 radical (unpaired) electrons. The lowest BCUT2D eigenvalue weighted by atomic mass is 10.1. The molecule has 1 heterocycles. The number of nitrogens with two attached hydrogens (primary N) is 1. The molecule has 0 amide bonds. The van der Waals surface area contributed by atoms with Crippen LogP contribution in [-0.2, 0) is 0 Å². The van der Waals surface area contributed by atoms with Gasteiger partial charge in [0.05, 0.1) is 0 Å². The SMILES string of the molecule is CC(C)c1ccc(N)c(=O)o1. The first kappa shape index (κ1) is 7.85. The van der Waals surface area contributed by atoms with E-state index < -0.39 is 5.63 Å². The van der Waals surface area contributed by atoms with Crippen LogP contribution in [-0.4, -0.2) is 0 Å². The van der Waals surface area contributed by atoms with Gasteiger partial charge in [-0.3, -0.25) is 0 Å². The number of rotatable bonds is 1. The van der Waals surface area contributed by atoms with Crippen molar-refractivity contribution in [3.05, 3.63) is 28.3 Å². The summed E-state index contributed by atoms with van der Waals surface area (Å²) in [7, 11) is 0. The van der Waals surface area contributed by atoms with E-state index in [2.05, 4.69) is 0 Å². The van der Waals surface area contributed by atoms with Gasteiger partial charge in [0.15, 0.2) is 0 Å². The smallest absolute Gasteiger partial charge is 0.359 e. The molecular weight excluding hydrogens is 142 g/mol. The number of hydrogen-bond acceptors (Lipinski definition) is 3. The highest BCUT2D eigenvalue weighted by atomic mass is 16.4. The van der Waals surface area contributed by atoms with Crippen LogP contribution in [0.3, 0.4) is 0 Å². The maximum absolute atomic E-state index is 10.9. The fourth-order valence-electron chi connectivity index (χ4n) is 0.750. The van der Waals surface area contributed by atoms with Gasteiger partial charge in [-0.25, -0.2) is 4.79 Å². The fraction of sp³-hybridized carbons (Fsp3) is 0.375. The monoisotopic (exact) mass is 153 g/mol. The Kier molecular flexibility index (Phi) is 1.98. The van der Waals surface area contributed by atoms with E-state index in [0.29, 0.717) is 5.76 Å². The minimum atomic E-state index is -0.448. The second-order valence-electron chi connectivity index (χ2n) is 2.74. The molecule has 1 rings (SSSR count). The summed E-state index contributed by atoms with van der Waals surface area (Å²) in [5.74, 6) is 0.896. The second-order valence-corrected chi connectivity index (χ2v) is 2.74. The predicted octanol–water partition coefficient (Wildman–Crippen LogP) is 1.35. The maximum atomic E-state index is 10.9. The highest BCUT2D eigenvalue weighted by Gasteiger charge is 2.03. The Morgan fingerprint density at radius 3 is 2.55 bits per heavy atom. The van der Waals surface area contributed by atoms with Crippen molar-refractivity contribution in [2.45, 2.75) is 19.8 Å². The van der Waals surface area contributed by atoms with Crippen molar-refractivity contribution in [3.8, 4) is 0 Å². The molecule has 0 saturated carbocycles. The van der Waals surface area contributed by atoms with Crippen LogP contribution in [0, 0.1) is 0 Å². The van der Waals surface area contributed by atoms with Gasteiger partial charge in [-0.1, -0.05) is 13.8 Å². The van der Waals surface area contributed by atoms with Gasteiger partial charge < -0.3 is 10.2 Å². The van der Waals surface area contributed by atoms with Crippen LogP contribution in [0.4, 0.5) is 5.69 Å². The molecule has 0 aliphatic carbocycles. The van der Waals surface area contributed by atoms with Gasteiger partial charge in [0.25, 0.3) is 0 Å². The molecular formula is C8H11NO2. The molecule has 0 aromatic carbocycles. The largest absolute Gasteiger partial charge is 0.426 e. The van der Waals surface area contributed by atoms with Crippen molar-refractivity contribution in [2.75, 3.05) is 5.73 Å². The average molecular weight is 153 g/mol. The molecule has 3 heteroatoms. The van der Waals surface area contributed by atoms with Gasteiger partial charge in [-0.05, 0) is 12.1 Å². The Bertz CT molecular complexity index is 301. The van der Waals surface area contributed by atoms with E-state index in [4.69, 9.17) is 10.2 Å². The molecule has 0 aliphatic rings. The van der Waals surface area contributed by atoms with Crippen LogP contribution in [0.15, 0.2) is 21.3 Å². The molecule has 60 valence electrons. The van der Waals surface area contributed by atoms with Crippen molar-refractivity contribution in [1.29, 1.82) is 0 Å². The lowest BCUT2D eigenvalue weighted by Gasteiger charge is -2.01. The Morgan fingerprint density at radius 2 is 2.09 bits per heavy atom. The third-order valence-electron chi connectivity index (χ3n) is 1.44. The second kappa shape index (κ2) is 2.78. The first-order valence-corrected chi connectivity index (χ1v) is 3.51. The molecule has 0 unspecified atom stereocenters. The maximum Gasteiger partial charge on any atom is 0.359 e. The quantitative estimate of drug-likeness (QED) is 0.662. The third-order valence-corrected chi connectivity index (χ3v) is 1.44. The molecule has 11 heavy (non-hydrogen) atoms. The molecule has 2 N–H and O–H groups in total. The molecule has 1 aromatic heterocycles. The molecule has 3 nitrogen and oxygen atoms in total. The van der Waals surface area contributed by atoms with Gasteiger partial charge in [-0.2, -0.15) is 0 Å². The first-order chi connectivity index (χ1) is 5.11. The van der Waals surface area contributed by atoms with Crippen LogP contribution in [0.5, 0.6) is 0 Å². The minimum absolute atomic E-state index is 0.161. The van der Waals surface area contributed by atoms with Crippen LogP contribution in [0.2, 0.25) is 0 Å². The number of anilines is 1. The van der Waals surface area contributed by atoms with Crippen molar-refractivity contribution < 1.29 is 4.42 Å². The van der Waals surface area contributed by atoms with Crippen LogP contribution in [0.25, 0.3) is 0 Å². The zero-order valence-electron chi connectivity index (χ0n) is 6.63. The summed E-state index contributed by atoms with van der Waals surface area (Å²) < 4.78 is 4.89. The summed E-state index contributed by atoms with van der Waals surface area (Å²) in [6.07, 6.45) is 0. The van der Waals surface area contributed by atoms with Crippen LogP contribution in [0.1, 0.15) is 25.5 Å². The van der Waals surface area contributed by atoms with Gasteiger partial charge in [0.2, 0.25) is 0 Å². The number of nitrogen functional groups attached to an aromatic ring is 1. The van der Waals surface area contributed by atoms with Gasteiger partial charge in [0, 0.05) is 5.92 Å². The summed E-state index contributed by atoms with van der Waals surface area (Å²) in [6.45, 7) is 3.91. The Labute approximate surface area is 64.8 Å². The normalized spacial score (nSPS) is 10.5. The summed E-state index contributed by atoms with van der Waals surface area (Å²) in [4.78, 5) is 10.9. The molecule has 0 aliphatic heterocycles. The van der Waals surface area contributed by atoms with Crippen molar-refractivity contribution >= 4 is 5.69 Å². The first-order valence-electron chi connectivity index (χ1n) is 3.51. The van der Waals surface area contributed by atoms with E-state index in [9.17, 15) is 4.79 Å². The van der Waals surface area contributed by atoms with Gasteiger partial charge in [0.1, 0.15) is 11.4 Å². The van der Waals surface area contributed by atoms with Crippen molar-refractivity contribution in [3.63, 3.8) is 0 Å². The Balaban J connectivity index is 3.16. The van der Waals surface area contributed by atoms with E-state index in [1.54, 1.807) is 12.1 Å². The van der Waals surface area contributed by atoms with Gasteiger partial charge >= 0.3 is 5.63 Å². The molecule has 0 atom stereocenters. The Morgan fingerprint density at radius 1 is 1.45 bits per heavy atom. The zero-order chi connectivity index (χ0) is 8.43. The van der Waals surface area contributed by atoms with E-state index in [-0.39, 0.29) is 11.6 Å². The fourth-order valence-corrected chi connectivity index (χ4v) is 0.750. The third kappa shape index (κ3) is 1.61. The van der Waals surface area contributed by atoms with Crippen molar-refractivity contribution in [2.24, 2.45) is 0 Å². The van der Waals surface area contributed by atoms with Gasteiger partial charge in [-0.15, -0.1) is 0 Å². The highest BCUT2D eigenvalue weighted by molar-refractivity contribution is 5.33.